The smallest absolute Gasteiger partial charge is 0.159 e. The van der Waals surface area contributed by atoms with E-state index in [2.05, 4.69) is 13.8 Å². The lowest BCUT2D eigenvalue weighted by atomic mass is 10.1. The number of hydrogen-bond acceptors (Lipinski definition) is 2. The molecule has 0 bridgehead atoms. The molecule has 2 N–H and O–H groups in total. The van der Waals surface area contributed by atoms with E-state index in [1.165, 1.54) is 6.07 Å². The molecular formula is C14H21F2NO. The molecule has 0 aromatic heterocycles. The molecule has 0 heterocycles. The van der Waals surface area contributed by atoms with Gasteiger partial charge in [0.1, 0.15) is 0 Å². The fourth-order valence-corrected chi connectivity index (χ4v) is 1.73. The highest BCUT2D eigenvalue weighted by Gasteiger charge is 2.11. The Balaban J connectivity index is 2.45. The number of halogens is 2. The quantitative estimate of drug-likeness (QED) is 0.812. The number of rotatable bonds is 7. The van der Waals surface area contributed by atoms with Gasteiger partial charge in [-0.25, -0.2) is 8.78 Å². The molecule has 0 saturated carbocycles. The fourth-order valence-electron chi connectivity index (χ4n) is 1.73. The summed E-state index contributed by atoms with van der Waals surface area (Å²) >= 11 is 0. The normalized spacial score (nSPS) is 13.0. The highest BCUT2D eigenvalue weighted by molar-refractivity contribution is 5.20. The Bertz CT molecular complexity index is 367. The molecule has 0 aliphatic heterocycles. The molecule has 1 aromatic carbocycles. The summed E-state index contributed by atoms with van der Waals surface area (Å²) in [5.74, 6) is -1.20. The van der Waals surface area contributed by atoms with Crippen molar-refractivity contribution in [1.29, 1.82) is 0 Å². The van der Waals surface area contributed by atoms with Gasteiger partial charge < -0.3 is 10.5 Å². The Morgan fingerprint density at radius 1 is 1.11 bits per heavy atom. The van der Waals surface area contributed by atoms with Crippen LogP contribution in [0.3, 0.4) is 0 Å². The minimum atomic E-state index is -0.872. The Morgan fingerprint density at radius 2 is 1.78 bits per heavy atom. The van der Waals surface area contributed by atoms with Gasteiger partial charge in [-0.1, -0.05) is 32.8 Å². The van der Waals surface area contributed by atoms with Gasteiger partial charge in [-0.05, 0) is 23.6 Å². The van der Waals surface area contributed by atoms with Crippen molar-refractivity contribution in [3.8, 4) is 0 Å². The summed E-state index contributed by atoms with van der Waals surface area (Å²) < 4.78 is 31.3. The predicted molar refractivity (Wildman–Crippen MR) is 68.2 cm³/mol. The van der Waals surface area contributed by atoms with Gasteiger partial charge in [0, 0.05) is 6.61 Å². The minimum Gasteiger partial charge on any atom is -0.379 e. The Hall–Kier alpha value is -1.00. The van der Waals surface area contributed by atoms with Crippen molar-refractivity contribution in [2.75, 3.05) is 13.2 Å². The first-order valence-corrected chi connectivity index (χ1v) is 6.36. The summed E-state index contributed by atoms with van der Waals surface area (Å²) in [4.78, 5) is 0. The van der Waals surface area contributed by atoms with Crippen molar-refractivity contribution in [3.05, 3.63) is 35.4 Å². The Kier molecular flexibility index (Phi) is 6.22. The average molecular weight is 257 g/mol. The van der Waals surface area contributed by atoms with Crippen LogP contribution in [0.5, 0.6) is 0 Å². The largest absolute Gasteiger partial charge is 0.379 e. The van der Waals surface area contributed by atoms with Crippen molar-refractivity contribution in [2.45, 2.75) is 32.7 Å². The number of benzene rings is 1. The highest BCUT2D eigenvalue weighted by Crippen LogP contribution is 2.16. The van der Waals surface area contributed by atoms with E-state index in [-0.39, 0.29) is 0 Å². The lowest BCUT2D eigenvalue weighted by Gasteiger charge is -2.16. The Morgan fingerprint density at radius 3 is 2.33 bits per heavy atom. The predicted octanol–water partition coefficient (Wildman–Crippen LogP) is 3.42. The molecular weight excluding hydrogens is 236 g/mol. The van der Waals surface area contributed by atoms with E-state index in [0.29, 0.717) is 24.7 Å². The van der Waals surface area contributed by atoms with Crippen LogP contribution in [0.25, 0.3) is 0 Å². The Labute approximate surface area is 107 Å². The maximum absolute atomic E-state index is 13.0. The second-order valence-electron chi connectivity index (χ2n) is 4.50. The van der Waals surface area contributed by atoms with Crippen LogP contribution >= 0.6 is 0 Å². The van der Waals surface area contributed by atoms with Crippen LogP contribution in [0.1, 0.15) is 38.3 Å². The number of ether oxygens (including phenoxy) is 1. The van der Waals surface area contributed by atoms with Crippen LogP contribution in [0.4, 0.5) is 8.78 Å². The van der Waals surface area contributed by atoms with E-state index >= 15 is 0 Å². The molecule has 0 aliphatic rings. The summed E-state index contributed by atoms with van der Waals surface area (Å²) in [5.41, 5.74) is 6.42. The molecule has 0 fully saturated rings. The van der Waals surface area contributed by atoms with E-state index in [1.54, 1.807) is 0 Å². The van der Waals surface area contributed by atoms with Crippen molar-refractivity contribution in [1.82, 2.24) is 0 Å². The summed E-state index contributed by atoms with van der Waals surface area (Å²) in [6.07, 6.45) is 2.13. The monoisotopic (exact) mass is 257 g/mol. The summed E-state index contributed by atoms with van der Waals surface area (Å²) in [6.45, 7) is 5.21. The van der Waals surface area contributed by atoms with E-state index in [4.69, 9.17) is 10.5 Å². The van der Waals surface area contributed by atoms with Crippen molar-refractivity contribution >= 4 is 0 Å². The van der Waals surface area contributed by atoms with Crippen molar-refractivity contribution < 1.29 is 13.5 Å². The van der Waals surface area contributed by atoms with Gasteiger partial charge in [-0.15, -0.1) is 0 Å². The zero-order valence-electron chi connectivity index (χ0n) is 11.0. The molecule has 1 aromatic rings. The van der Waals surface area contributed by atoms with Gasteiger partial charge >= 0.3 is 0 Å². The van der Waals surface area contributed by atoms with Crippen LogP contribution < -0.4 is 5.73 Å². The van der Waals surface area contributed by atoms with Gasteiger partial charge in [0.05, 0.1) is 12.6 Å². The van der Waals surface area contributed by atoms with Crippen molar-refractivity contribution in [2.24, 2.45) is 11.7 Å². The SMILES string of the molecule is CCC(CC)COCC(N)c1ccc(F)c(F)c1. The number of hydrogen-bond donors (Lipinski definition) is 1. The van der Waals surface area contributed by atoms with Gasteiger partial charge in [0.15, 0.2) is 11.6 Å². The molecule has 102 valence electrons. The molecule has 18 heavy (non-hydrogen) atoms. The number of nitrogens with two attached hydrogens (primary N) is 1. The lowest BCUT2D eigenvalue weighted by Crippen LogP contribution is -2.19. The topological polar surface area (TPSA) is 35.2 Å². The fraction of sp³-hybridized carbons (Fsp3) is 0.571. The average Bonchev–Trinajstić information content (AvgIpc) is 2.37. The molecule has 0 amide bonds. The van der Waals surface area contributed by atoms with Crippen LogP contribution in [0.2, 0.25) is 0 Å². The zero-order chi connectivity index (χ0) is 13.5. The van der Waals surface area contributed by atoms with Crippen LogP contribution in [-0.2, 0) is 4.74 Å². The summed E-state index contributed by atoms with van der Waals surface area (Å²) in [6, 6.07) is 3.28. The van der Waals surface area contributed by atoms with E-state index in [0.717, 1.165) is 25.0 Å². The molecule has 0 spiro atoms. The first kappa shape index (κ1) is 15.1. The lowest BCUT2D eigenvalue weighted by molar-refractivity contribution is 0.0860. The van der Waals surface area contributed by atoms with Crippen LogP contribution in [0.15, 0.2) is 18.2 Å². The maximum Gasteiger partial charge on any atom is 0.159 e. The maximum atomic E-state index is 13.0. The summed E-state index contributed by atoms with van der Waals surface area (Å²) in [5, 5.41) is 0. The second kappa shape index (κ2) is 7.44. The van der Waals surface area contributed by atoms with E-state index in [1.807, 2.05) is 0 Å². The van der Waals surface area contributed by atoms with Gasteiger partial charge in [0.2, 0.25) is 0 Å². The summed E-state index contributed by atoms with van der Waals surface area (Å²) in [7, 11) is 0. The third kappa shape index (κ3) is 4.35. The molecule has 4 heteroatoms. The molecule has 0 aliphatic carbocycles. The van der Waals surface area contributed by atoms with E-state index in [9.17, 15) is 8.78 Å². The molecule has 1 rings (SSSR count). The molecule has 0 radical (unpaired) electrons. The standard InChI is InChI=1S/C14H21F2NO/c1-3-10(4-2)8-18-9-14(17)11-5-6-12(15)13(16)7-11/h5-7,10,14H,3-4,8-9,17H2,1-2H3. The second-order valence-corrected chi connectivity index (χ2v) is 4.50. The van der Waals surface area contributed by atoms with Crippen molar-refractivity contribution in [3.63, 3.8) is 0 Å². The van der Waals surface area contributed by atoms with Crippen LogP contribution in [0, 0.1) is 17.6 Å². The zero-order valence-corrected chi connectivity index (χ0v) is 11.0. The molecule has 1 atom stereocenters. The third-order valence-electron chi connectivity index (χ3n) is 3.18. The molecule has 2 nitrogen and oxygen atoms in total. The first-order chi connectivity index (χ1) is 8.58. The van der Waals surface area contributed by atoms with Gasteiger partial charge in [-0.2, -0.15) is 0 Å². The van der Waals surface area contributed by atoms with Gasteiger partial charge in [-0.3, -0.25) is 0 Å². The third-order valence-corrected chi connectivity index (χ3v) is 3.18. The highest BCUT2D eigenvalue weighted by atomic mass is 19.2. The molecule has 0 saturated heterocycles. The van der Waals surface area contributed by atoms with Gasteiger partial charge in [0.25, 0.3) is 0 Å². The van der Waals surface area contributed by atoms with E-state index < -0.39 is 17.7 Å². The molecule has 1 unspecified atom stereocenters. The van der Waals surface area contributed by atoms with Crippen LogP contribution in [-0.4, -0.2) is 13.2 Å². The minimum absolute atomic E-state index is 0.321. The first-order valence-electron chi connectivity index (χ1n) is 6.36.